The molecular weight excluding hydrogens is 238 g/mol. The van der Waals surface area contributed by atoms with E-state index >= 15 is 0 Å². The van der Waals surface area contributed by atoms with Crippen molar-refractivity contribution in [3.05, 3.63) is 27.4 Å². The van der Waals surface area contributed by atoms with Crippen molar-refractivity contribution >= 4 is 27.8 Å². The smallest absolute Gasteiger partial charge is 0.205 e. The van der Waals surface area contributed by atoms with Crippen molar-refractivity contribution in [2.75, 3.05) is 5.32 Å². The fraction of sp³-hybridized carbons (Fsp3) is 0.455. The number of aromatic nitrogens is 2. The van der Waals surface area contributed by atoms with Crippen LogP contribution >= 0.6 is 22.7 Å². The van der Waals surface area contributed by atoms with E-state index in [0.717, 1.165) is 11.7 Å². The lowest BCUT2D eigenvalue weighted by Crippen LogP contribution is -2.07. The molecule has 0 aromatic carbocycles. The van der Waals surface area contributed by atoms with E-state index in [1.165, 1.54) is 21.1 Å². The molecule has 2 aromatic heterocycles. The molecule has 0 fully saturated rings. The molecule has 2 rings (SSSR count). The van der Waals surface area contributed by atoms with Crippen LogP contribution in [0.2, 0.25) is 0 Å². The minimum atomic E-state index is 0.242. The molecule has 86 valence electrons. The van der Waals surface area contributed by atoms with Crippen LogP contribution < -0.4 is 5.32 Å². The molecule has 0 unspecified atom stereocenters. The number of thiophene rings is 1. The normalized spacial score (nSPS) is 11.7. The molecule has 5 heteroatoms. The summed E-state index contributed by atoms with van der Waals surface area (Å²) in [6.07, 6.45) is 0. The Hall–Kier alpha value is -0.940. The summed E-state index contributed by atoms with van der Waals surface area (Å²) in [5, 5.41) is 11.9. The van der Waals surface area contributed by atoms with Crippen molar-refractivity contribution in [2.45, 2.75) is 32.7 Å². The molecule has 2 aromatic rings. The van der Waals surface area contributed by atoms with Crippen LogP contribution in [0.5, 0.6) is 0 Å². The van der Waals surface area contributed by atoms with Crippen LogP contribution in [0.4, 0.5) is 5.13 Å². The summed E-state index contributed by atoms with van der Waals surface area (Å²) in [6.45, 7) is 7.54. The molecule has 0 spiro atoms. The van der Waals surface area contributed by atoms with Crippen molar-refractivity contribution in [2.24, 2.45) is 0 Å². The van der Waals surface area contributed by atoms with Gasteiger partial charge in [-0.05, 0) is 17.5 Å². The highest BCUT2D eigenvalue weighted by atomic mass is 32.1. The van der Waals surface area contributed by atoms with Crippen molar-refractivity contribution in [1.82, 2.24) is 10.2 Å². The van der Waals surface area contributed by atoms with E-state index in [1.54, 1.807) is 5.51 Å². The van der Waals surface area contributed by atoms with Crippen molar-refractivity contribution in [3.63, 3.8) is 0 Å². The molecule has 3 nitrogen and oxygen atoms in total. The molecule has 0 aliphatic heterocycles. The Kier molecular flexibility index (Phi) is 3.25. The first-order chi connectivity index (χ1) is 7.55. The van der Waals surface area contributed by atoms with Gasteiger partial charge in [0.05, 0.1) is 6.54 Å². The molecule has 2 heterocycles. The SMILES string of the molecule is CC(C)(C)c1ccc(CNc2nncs2)s1. The third-order valence-electron chi connectivity index (χ3n) is 2.17. The van der Waals surface area contributed by atoms with E-state index in [-0.39, 0.29) is 5.41 Å². The standard InChI is InChI=1S/C11H15N3S2/c1-11(2,3)9-5-4-8(16-9)6-12-10-14-13-7-15-10/h4-5,7H,6H2,1-3H3,(H,12,14). The highest BCUT2D eigenvalue weighted by molar-refractivity contribution is 7.13. The quantitative estimate of drug-likeness (QED) is 0.909. The Labute approximate surface area is 104 Å². The summed E-state index contributed by atoms with van der Waals surface area (Å²) in [4.78, 5) is 2.75. The van der Waals surface area contributed by atoms with E-state index in [1.807, 2.05) is 11.3 Å². The monoisotopic (exact) mass is 253 g/mol. The predicted molar refractivity (Wildman–Crippen MR) is 70.3 cm³/mol. The summed E-state index contributed by atoms with van der Waals surface area (Å²) in [6, 6.07) is 4.39. The Morgan fingerprint density at radius 3 is 2.69 bits per heavy atom. The molecule has 0 atom stereocenters. The minimum absolute atomic E-state index is 0.242. The second-order valence-corrected chi connectivity index (χ2v) is 6.61. The van der Waals surface area contributed by atoms with Gasteiger partial charge in [-0.3, -0.25) is 0 Å². The van der Waals surface area contributed by atoms with Crippen LogP contribution in [0, 0.1) is 0 Å². The van der Waals surface area contributed by atoms with Crippen LogP contribution in [0.25, 0.3) is 0 Å². The van der Waals surface area contributed by atoms with Gasteiger partial charge in [-0.1, -0.05) is 32.1 Å². The van der Waals surface area contributed by atoms with E-state index in [4.69, 9.17) is 0 Å². The second-order valence-electron chi connectivity index (χ2n) is 4.61. The molecule has 0 bridgehead atoms. The summed E-state index contributed by atoms with van der Waals surface area (Å²) < 4.78 is 0. The van der Waals surface area contributed by atoms with E-state index in [2.05, 4.69) is 48.4 Å². The van der Waals surface area contributed by atoms with E-state index in [9.17, 15) is 0 Å². The molecule has 0 amide bonds. The highest BCUT2D eigenvalue weighted by Crippen LogP contribution is 2.29. The van der Waals surface area contributed by atoms with Crippen LogP contribution in [-0.4, -0.2) is 10.2 Å². The largest absolute Gasteiger partial charge is 0.355 e. The predicted octanol–water partition coefficient (Wildman–Crippen LogP) is 3.51. The fourth-order valence-corrected chi connectivity index (χ4v) is 2.74. The average molecular weight is 253 g/mol. The Morgan fingerprint density at radius 1 is 1.31 bits per heavy atom. The molecular formula is C11H15N3S2. The minimum Gasteiger partial charge on any atom is -0.355 e. The van der Waals surface area contributed by atoms with Crippen LogP contribution in [0.1, 0.15) is 30.5 Å². The number of anilines is 1. The van der Waals surface area contributed by atoms with Crippen molar-refractivity contribution in [1.29, 1.82) is 0 Å². The van der Waals surface area contributed by atoms with Crippen LogP contribution in [0.15, 0.2) is 17.6 Å². The summed E-state index contributed by atoms with van der Waals surface area (Å²) in [5.41, 5.74) is 1.98. The lowest BCUT2D eigenvalue weighted by molar-refractivity contribution is 0.604. The highest BCUT2D eigenvalue weighted by Gasteiger charge is 2.15. The maximum atomic E-state index is 3.95. The Bertz CT molecular complexity index is 440. The topological polar surface area (TPSA) is 37.8 Å². The summed E-state index contributed by atoms with van der Waals surface area (Å²) in [7, 11) is 0. The number of nitrogens with one attached hydrogen (secondary N) is 1. The lowest BCUT2D eigenvalue weighted by atomic mass is 9.95. The number of hydrogen-bond acceptors (Lipinski definition) is 5. The maximum absolute atomic E-state index is 3.95. The zero-order valence-electron chi connectivity index (χ0n) is 9.65. The third-order valence-corrected chi connectivity index (χ3v) is 4.33. The number of nitrogens with zero attached hydrogens (tertiary/aromatic N) is 2. The van der Waals surface area contributed by atoms with Gasteiger partial charge in [0, 0.05) is 9.75 Å². The van der Waals surface area contributed by atoms with Gasteiger partial charge in [0.15, 0.2) is 0 Å². The van der Waals surface area contributed by atoms with E-state index in [0.29, 0.717) is 0 Å². The zero-order valence-corrected chi connectivity index (χ0v) is 11.3. The third kappa shape index (κ3) is 2.80. The van der Waals surface area contributed by atoms with Gasteiger partial charge in [0.25, 0.3) is 0 Å². The van der Waals surface area contributed by atoms with Crippen LogP contribution in [0.3, 0.4) is 0 Å². The first-order valence-corrected chi connectivity index (χ1v) is 6.84. The second kappa shape index (κ2) is 4.51. The number of hydrogen-bond donors (Lipinski definition) is 1. The molecule has 1 N–H and O–H groups in total. The maximum Gasteiger partial charge on any atom is 0.205 e. The lowest BCUT2D eigenvalue weighted by Gasteiger charge is -2.15. The summed E-state index contributed by atoms with van der Waals surface area (Å²) in [5.74, 6) is 0. The first kappa shape index (κ1) is 11.5. The Balaban J connectivity index is 1.98. The summed E-state index contributed by atoms with van der Waals surface area (Å²) >= 11 is 3.38. The van der Waals surface area contributed by atoms with Gasteiger partial charge in [0.1, 0.15) is 5.51 Å². The zero-order chi connectivity index (χ0) is 11.6. The van der Waals surface area contributed by atoms with Gasteiger partial charge in [-0.15, -0.1) is 21.5 Å². The first-order valence-electron chi connectivity index (χ1n) is 5.15. The average Bonchev–Trinajstić information content (AvgIpc) is 2.85. The van der Waals surface area contributed by atoms with Gasteiger partial charge >= 0.3 is 0 Å². The Morgan fingerprint density at radius 2 is 2.12 bits per heavy atom. The van der Waals surface area contributed by atoms with Gasteiger partial charge in [-0.25, -0.2) is 0 Å². The van der Waals surface area contributed by atoms with Crippen molar-refractivity contribution < 1.29 is 0 Å². The van der Waals surface area contributed by atoms with Gasteiger partial charge in [0.2, 0.25) is 5.13 Å². The van der Waals surface area contributed by atoms with E-state index < -0.39 is 0 Å². The van der Waals surface area contributed by atoms with Gasteiger partial charge < -0.3 is 5.32 Å². The molecule has 0 aliphatic carbocycles. The fourth-order valence-electron chi connectivity index (χ4n) is 1.29. The molecule has 16 heavy (non-hydrogen) atoms. The number of rotatable bonds is 3. The molecule has 0 saturated heterocycles. The van der Waals surface area contributed by atoms with Crippen LogP contribution in [-0.2, 0) is 12.0 Å². The van der Waals surface area contributed by atoms with Gasteiger partial charge in [-0.2, -0.15) is 0 Å². The molecule has 0 radical (unpaired) electrons. The molecule has 0 aliphatic rings. The van der Waals surface area contributed by atoms with Crippen molar-refractivity contribution in [3.8, 4) is 0 Å². The molecule has 0 saturated carbocycles.